The Morgan fingerprint density at radius 3 is 2.95 bits per heavy atom. The van der Waals surface area contributed by atoms with Gasteiger partial charge in [0.2, 0.25) is 0 Å². The molecule has 112 valence electrons. The first-order valence-corrected chi connectivity index (χ1v) is 6.88. The lowest BCUT2D eigenvalue weighted by Gasteiger charge is -2.19. The van der Waals surface area contributed by atoms with E-state index in [1.54, 1.807) is 0 Å². The van der Waals surface area contributed by atoms with Crippen LogP contribution in [0.4, 0.5) is 0 Å². The Kier molecular flexibility index (Phi) is 6.82. The minimum absolute atomic E-state index is 0. The van der Waals surface area contributed by atoms with Gasteiger partial charge in [-0.25, -0.2) is 0 Å². The van der Waals surface area contributed by atoms with Crippen molar-refractivity contribution in [1.82, 2.24) is 5.32 Å². The zero-order valence-corrected chi connectivity index (χ0v) is 12.6. The van der Waals surface area contributed by atoms with Gasteiger partial charge in [0, 0.05) is 6.04 Å². The van der Waals surface area contributed by atoms with Gasteiger partial charge in [-0.15, -0.1) is 12.4 Å². The van der Waals surface area contributed by atoms with Crippen molar-refractivity contribution in [3.63, 3.8) is 0 Å². The molecular formula is C15H23ClN2O2. The molecule has 0 bridgehead atoms. The van der Waals surface area contributed by atoms with E-state index in [4.69, 9.17) is 10.5 Å². The number of carbonyl (C=O) groups is 1. The molecule has 1 aromatic carbocycles. The number of aryl methyl sites for hydroxylation is 1. The average Bonchev–Trinajstić information content (AvgIpc) is 2.84. The van der Waals surface area contributed by atoms with Gasteiger partial charge in [0.1, 0.15) is 5.75 Å². The molecule has 5 heteroatoms. The van der Waals surface area contributed by atoms with Crippen LogP contribution in [0.25, 0.3) is 0 Å². The lowest BCUT2D eigenvalue weighted by molar-refractivity contribution is -0.124. The summed E-state index contributed by atoms with van der Waals surface area (Å²) >= 11 is 0. The maximum absolute atomic E-state index is 11.8. The van der Waals surface area contributed by atoms with Crippen LogP contribution < -0.4 is 15.8 Å². The van der Waals surface area contributed by atoms with Crippen LogP contribution >= 0.6 is 12.4 Å². The molecule has 0 aliphatic heterocycles. The van der Waals surface area contributed by atoms with Gasteiger partial charge in [0.25, 0.3) is 5.91 Å². The van der Waals surface area contributed by atoms with Crippen molar-refractivity contribution in [3.05, 3.63) is 29.8 Å². The fraction of sp³-hybridized carbons (Fsp3) is 0.533. The molecule has 0 aromatic heterocycles. The first-order chi connectivity index (χ1) is 9.19. The summed E-state index contributed by atoms with van der Waals surface area (Å²) in [6.07, 6.45) is 3.28. The van der Waals surface area contributed by atoms with Gasteiger partial charge in [-0.3, -0.25) is 4.79 Å². The second-order valence-electron chi connectivity index (χ2n) is 5.21. The number of nitrogens with two attached hydrogens (primary N) is 1. The molecule has 1 aliphatic rings. The van der Waals surface area contributed by atoms with Crippen LogP contribution in [0.1, 0.15) is 24.8 Å². The normalized spacial score (nSPS) is 21.1. The van der Waals surface area contributed by atoms with Crippen molar-refractivity contribution >= 4 is 18.3 Å². The molecule has 2 unspecified atom stereocenters. The van der Waals surface area contributed by atoms with Crippen molar-refractivity contribution < 1.29 is 9.53 Å². The second kappa shape index (κ2) is 8.12. The number of carbonyl (C=O) groups excluding carboxylic acids is 1. The Balaban J connectivity index is 0.00000200. The van der Waals surface area contributed by atoms with E-state index < -0.39 is 0 Å². The van der Waals surface area contributed by atoms with E-state index in [1.165, 1.54) is 0 Å². The molecule has 1 aliphatic carbocycles. The Bertz CT molecular complexity index is 440. The maximum atomic E-state index is 11.8. The first-order valence-electron chi connectivity index (χ1n) is 6.88. The van der Waals surface area contributed by atoms with Gasteiger partial charge in [-0.05, 0) is 49.9 Å². The molecule has 0 heterocycles. The quantitative estimate of drug-likeness (QED) is 0.874. The lowest BCUT2D eigenvalue weighted by atomic mass is 10.0. The van der Waals surface area contributed by atoms with E-state index in [9.17, 15) is 4.79 Å². The molecule has 0 saturated heterocycles. The van der Waals surface area contributed by atoms with Gasteiger partial charge < -0.3 is 15.8 Å². The standard InChI is InChI=1S/C15H22N2O2.ClH/c1-11-4-2-6-13(8-11)19-10-15(18)17-14-7-3-5-12(14)9-16;/h2,4,6,8,12,14H,3,5,7,9-10,16H2,1H3,(H,17,18);1H. The SMILES string of the molecule is Cc1cccc(OCC(=O)NC2CCCC2CN)c1.Cl. The zero-order chi connectivity index (χ0) is 13.7. The Morgan fingerprint density at radius 1 is 1.45 bits per heavy atom. The molecule has 0 spiro atoms. The summed E-state index contributed by atoms with van der Waals surface area (Å²) in [7, 11) is 0. The smallest absolute Gasteiger partial charge is 0.258 e. The fourth-order valence-electron chi connectivity index (χ4n) is 2.61. The van der Waals surface area contributed by atoms with Crippen LogP contribution in [0.2, 0.25) is 0 Å². The molecular weight excluding hydrogens is 276 g/mol. The summed E-state index contributed by atoms with van der Waals surface area (Å²) in [5.74, 6) is 1.09. The average molecular weight is 299 g/mol. The third-order valence-electron chi connectivity index (χ3n) is 3.67. The van der Waals surface area contributed by atoms with E-state index in [0.717, 1.165) is 30.6 Å². The third-order valence-corrected chi connectivity index (χ3v) is 3.67. The minimum Gasteiger partial charge on any atom is -0.484 e. The summed E-state index contributed by atoms with van der Waals surface area (Å²) in [6.45, 7) is 2.71. The Hall–Kier alpha value is -1.26. The van der Waals surface area contributed by atoms with E-state index in [-0.39, 0.29) is 31.0 Å². The summed E-state index contributed by atoms with van der Waals surface area (Å²) < 4.78 is 5.48. The molecule has 3 N–H and O–H groups in total. The molecule has 1 saturated carbocycles. The number of rotatable bonds is 5. The van der Waals surface area contributed by atoms with Crippen LogP contribution in [-0.2, 0) is 4.79 Å². The van der Waals surface area contributed by atoms with E-state index >= 15 is 0 Å². The van der Waals surface area contributed by atoms with E-state index in [2.05, 4.69) is 5.32 Å². The highest BCUT2D eigenvalue weighted by Gasteiger charge is 2.27. The van der Waals surface area contributed by atoms with Crippen LogP contribution in [0.15, 0.2) is 24.3 Å². The highest BCUT2D eigenvalue weighted by molar-refractivity contribution is 5.85. The third kappa shape index (κ3) is 4.69. The van der Waals surface area contributed by atoms with Crippen LogP contribution in [0, 0.1) is 12.8 Å². The number of nitrogens with one attached hydrogen (secondary N) is 1. The van der Waals surface area contributed by atoms with Crippen LogP contribution in [-0.4, -0.2) is 25.1 Å². The van der Waals surface area contributed by atoms with Gasteiger partial charge >= 0.3 is 0 Å². The van der Waals surface area contributed by atoms with Crippen LogP contribution in [0.3, 0.4) is 0 Å². The molecule has 1 fully saturated rings. The van der Waals surface area contributed by atoms with Crippen molar-refractivity contribution in [2.45, 2.75) is 32.2 Å². The minimum atomic E-state index is -0.0631. The van der Waals surface area contributed by atoms with Crippen molar-refractivity contribution in [3.8, 4) is 5.75 Å². The Labute approximate surface area is 126 Å². The van der Waals surface area contributed by atoms with Crippen molar-refractivity contribution in [1.29, 1.82) is 0 Å². The molecule has 0 radical (unpaired) electrons. The number of hydrogen-bond acceptors (Lipinski definition) is 3. The summed E-state index contributed by atoms with van der Waals surface area (Å²) in [6, 6.07) is 7.92. The Morgan fingerprint density at radius 2 is 2.25 bits per heavy atom. The topological polar surface area (TPSA) is 64.3 Å². The van der Waals surface area contributed by atoms with Gasteiger partial charge in [0.05, 0.1) is 0 Å². The first kappa shape index (κ1) is 16.8. The number of hydrogen-bond donors (Lipinski definition) is 2. The lowest BCUT2D eigenvalue weighted by Crippen LogP contribution is -2.42. The van der Waals surface area contributed by atoms with Gasteiger partial charge in [-0.1, -0.05) is 18.6 Å². The van der Waals surface area contributed by atoms with E-state index in [1.807, 2.05) is 31.2 Å². The van der Waals surface area contributed by atoms with Crippen LogP contribution in [0.5, 0.6) is 5.75 Å². The largest absolute Gasteiger partial charge is 0.484 e. The fourth-order valence-corrected chi connectivity index (χ4v) is 2.61. The summed E-state index contributed by atoms with van der Waals surface area (Å²) in [4.78, 5) is 11.8. The summed E-state index contributed by atoms with van der Waals surface area (Å²) in [5, 5.41) is 3.02. The number of benzene rings is 1. The maximum Gasteiger partial charge on any atom is 0.258 e. The molecule has 2 atom stereocenters. The number of ether oxygens (including phenoxy) is 1. The van der Waals surface area contributed by atoms with Gasteiger partial charge in [-0.2, -0.15) is 0 Å². The predicted octanol–water partition coefficient (Wildman–Crippen LogP) is 2.04. The monoisotopic (exact) mass is 298 g/mol. The second-order valence-corrected chi connectivity index (χ2v) is 5.21. The predicted molar refractivity (Wildman–Crippen MR) is 82.2 cm³/mol. The molecule has 4 nitrogen and oxygen atoms in total. The molecule has 1 amide bonds. The van der Waals surface area contributed by atoms with Crippen molar-refractivity contribution in [2.24, 2.45) is 11.7 Å². The highest BCUT2D eigenvalue weighted by Crippen LogP contribution is 2.24. The molecule has 1 aromatic rings. The highest BCUT2D eigenvalue weighted by atomic mass is 35.5. The number of amides is 1. The molecule has 2 rings (SSSR count). The zero-order valence-electron chi connectivity index (χ0n) is 11.8. The number of halogens is 1. The summed E-state index contributed by atoms with van der Waals surface area (Å²) in [5.41, 5.74) is 6.82. The van der Waals surface area contributed by atoms with Gasteiger partial charge in [0.15, 0.2) is 6.61 Å². The van der Waals surface area contributed by atoms with Crippen molar-refractivity contribution in [2.75, 3.05) is 13.2 Å². The molecule has 20 heavy (non-hydrogen) atoms. The van der Waals surface area contributed by atoms with E-state index in [0.29, 0.717) is 12.5 Å².